The van der Waals surface area contributed by atoms with Crippen LogP contribution in [0.5, 0.6) is 18.0 Å². The number of unbranched alkanes of at least 4 members (excludes halogenated alkanes) is 1. The second-order valence-corrected chi connectivity index (χ2v) is 5.43. The molecule has 0 aliphatic carbocycles. The van der Waals surface area contributed by atoms with Gasteiger partial charge in [0.2, 0.25) is 0 Å². The Morgan fingerprint density at radius 3 is 2.08 bits per heavy atom. The summed E-state index contributed by atoms with van der Waals surface area (Å²) in [4.78, 5) is 14.7. The van der Waals surface area contributed by atoms with Crippen LogP contribution in [0, 0.1) is 0 Å². The van der Waals surface area contributed by atoms with Crippen molar-refractivity contribution in [1.29, 1.82) is 0 Å². The molecule has 0 aromatic carbocycles. The SMILES string of the molecule is CCCCOc1nc(OCCC)nc(OCCCN2C=CNC2)n1. The molecule has 1 N–H and O–H groups in total. The van der Waals surface area contributed by atoms with Crippen molar-refractivity contribution in [2.75, 3.05) is 33.0 Å². The summed E-state index contributed by atoms with van der Waals surface area (Å²) in [5, 5.41) is 3.13. The fraction of sp³-hybridized carbons (Fsp3) is 0.688. The van der Waals surface area contributed by atoms with Crippen molar-refractivity contribution in [3.63, 3.8) is 0 Å². The predicted octanol–water partition coefficient (Wildman–Crippen LogP) is 1.94. The van der Waals surface area contributed by atoms with Crippen LogP contribution >= 0.6 is 0 Å². The van der Waals surface area contributed by atoms with E-state index in [-0.39, 0.29) is 18.0 Å². The Labute approximate surface area is 143 Å². The highest BCUT2D eigenvalue weighted by Gasteiger charge is 2.10. The summed E-state index contributed by atoms with van der Waals surface area (Å²) < 4.78 is 16.7. The molecule has 0 radical (unpaired) electrons. The molecule has 2 heterocycles. The van der Waals surface area contributed by atoms with Gasteiger partial charge in [0.05, 0.1) is 26.5 Å². The first-order chi connectivity index (χ1) is 11.8. The maximum atomic E-state index is 5.64. The van der Waals surface area contributed by atoms with Crippen LogP contribution in [0.25, 0.3) is 0 Å². The molecule has 0 amide bonds. The topological polar surface area (TPSA) is 81.6 Å². The summed E-state index contributed by atoms with van der Waals surface area (Å²) >= 11 is 0. The number of nitrogens with one attached hydrogen (secondary N) is 1. The second-order valence-electron chi connectivity index (χ2n) is 5.43. The van der Waals surface area contributed by atoms with E-state index >= 15 is 0 Å². The fourth-order valence-electron chi connectivity index (χ4n) is 1.98. The largest absolute Gasteiger partial charge is 0.463 e. The summed E-state index contributed by atoms with van der Waals surface area (Å²) in [7, 11) is 0. The molecule has 0 saturated heterocycles. The third-order valence-electron chi connectivity index (χ3n) is 3.26. The standard InChI is InChI=1S/C16H27N5O3/c1-3-5-11-23-15-18-14(22-10-4-2)19-16(20-15)24-12-6-8-21-9-7-17-13-21/h7,9,17H,3-6,8,10-13H2,1-2H3. The van der Waals surface area contributed by atoms with Crippen LogP contribution in [-0.4, -0.2) is 52.9 Å². The molecule has 1 aliphatic rings. The van der Waals surface area contributed by atoms with Gasteiger partial charge in [-0.25, -0.2) is 0 Å². The van der Waals surface area contributed by atoms with Gasteiger partial charge in [-0.1, -0.05) is 20.3 Å². The lowest BCUT2D eigenvalue weighted by atomic mass is 10.4. The molecule has 0 atom stereocenters. The zero-order valence-corrected chi connectivity index (χ0v) is 14.5. The molecule has 0 bridgehead atoms. The first-order valence-corrected chi connectivity index (χ1v) is 8.60. The van der Waals surface area contributed by atoms with E-state index in [1.54, 1.807) is 0 Å². The molecule has 0 unspecified atom stereocenters. The van der Waals surface area contributed by atoms with E-state index in [4.69, 9.17) is 14.2 Å². The van der Waals surface area contributed by atoms with E-state index in [2.05, 4.69) is 32.1 Å². The molecule has 2 rings (SSSR count). The Morgan fingerprint density at radius 2 is 1.54 bits per heavy atom. The van der Waals surface area contributed by atoms with Gasteiger partial charge < -0.3 is 24.4 Å². The van der Waals surface area contributed by atoms with Gasteiger partial charge in [0.1, 0.15) is 0 Å². The van der Waals surface area contributed by atoms with Crippen LogP contribution in [0.15, 0.2) is 12.4 Å². The van der Waals surface area contributed by atoms with Gasteiger partial charge >= 0.3 is 18.0 Å². The fourth-order valence-corrected chi connectivity index (χ4v) is 1.98. The van der Waals surface area contributed by atoms with E-state index in [0.29, 0.717) is 19.8 Å². The molecule has 8 heteroatoms. The average Bonchev–Trinajstić information content (AvgIpc) is 3.10. The van der Waals surface area contributed by atoms with E-state index in [0.717, 1.165) is 38.9 Å². The molecule has 1 aromatic heterocycles. The highest BCUT2D eigenvalue weighted by atomic mass is 16.5. The number of rotatable bonds is 12. The van der Waals surface area contributed by atoms with Crippen molar-refractivity contribution in [1.82, 2.24) is 25.2 Å². The van der Waals surface area contributed by atoms with Gasteiger partial charge in [-0.2, -0.15) is 0 Å². The third-order valence-corrected chi connectivity index (χ3v) is 3.26. The quantitative estimate of drug-likeness (QED) is 0.580. The number of hydrogen-bond donors (Lipinski definition) is 1. The number of ether oxygens (including phenoxy) is 3. The molecule has 0 saturated carbocycles. The van der Waals surface area contributed by atoms with Crippen LogP contribution in [0.4, 0.5) is 0 Å². The molecule has 0 spiro atoms. The smallest absolute Gasteiger partial charge is 0.325 e. The Balaban J connectivity index is 1.85. The van der Waals surface area contributed by atoms with Crippen molar-refractivity contribution in [3.8, 4) is 18.0 Å². The van der Waals surface area contributed by atoms with Crippen LogP contribution in [0.1, 0.15) is 39.5 Å². The Kier molecular flexibility index (Phi) is 7.92. The van der Waals surface area contributed by atoms with Gasteiger partial charge in [0.25, 0.3) is 0 Å². The van der Waals surface area contributed by atoms with Crippen molar-refractivity contribution < 1.29 is 14.2 Å². The zero-order chi connectivity index (χ0) is 17.0. The van der Waals surface area contributed by atoms with Gasteiger partial charge in [0.15, 0.2) is 0 Å². The van der Waals surface area contributed by atoms with Crippen LogP contribution < -0.4 is 19.5 Å². The van der Waals surface area contributed by atoms with Gasteiger partial charge in [0, 0.05) is 18.9 Å². The second kappa shape index (κ2) is 10.5. The van der Waals surface area contributed by atoms with Crippen molar-refractivity contribution in [2.45, 2.75) is 39.5 Å². The van der Waals surface area contributed by atoms with E-state index < -0.39 is 0 Å². The highest BCUT2D eigenvalue weighted by molar-refractivity contribution is 5.09. The van der Waals surface area contributed by atoms with E-state index in [9.17, 15) is 0 Å². The number of hydrogen-bond acceptors (Lipinski definition) is 8. The monoisotopic (exact) mass is 337 g/mol. The maximum absolute atomic E-state index is 5.64. The lowest BCUT2D eigenvalue weighted by molar-refractivity contribution is 0.226. The molecule has 134 valence electrons. The third kappa shape index (κ3) is 6.47. The minimum absolute atomic E-state index is 0.248. The minimum Gasteiger partial charge on any atom is -0.463 e. The molecule has 24 heavy (non-hydrogen) atoms. The first kappa shape index (κ1) is 18.1. The van der Waals surface area contributed by atoms with Gasteiger partial charge in [-0.15, -0.1) is 15.0 Å². The van der Waals surface area contributed by atoms with Crippen LogP contribution in [0.3, 0.4) is 0 Å². The molecular formula is C16H27N5O3. The number of aromatic nitrogens is 3. The first-order valence-electron chi connectivity index (χ1n) is 8.60. The molecular weight excluding hydrogens is 310 g/mol. The van der Waals surface area contributed by atoms with E-state index in [1.165, 1.54) is 0 Å². The van der Waals surface area contributed by atoms with Crippen LogP contribution in [0.2, 0.25) is 0 Å². The lowest BCUT2D eigenvalue weighted by Gasteiger charge is -2.14. The number of nitrogens with zero attached hydrogens (tertiary/aromatic N) is 4. The average molecular weight is 337 g/mol. The Bertz CT molecular complexity index is 512. The van der Waals surface area contributed by atoms with Crippen molar-refractivity contribution in [2.24, 2.45) is 0 Å². The summed E-state index contributed by atoms with van der Waals surface area (Å²) in [6.07, 6.45) is 7.71. The van der Waals surface area contributed by atoms with E-state index in [1.807, 2.05) is 19.3 Å². The predicted molar refractivity (Wildman–Crippen MR) is 90.0 cm³/mol. The summed E-state index contributed by atoms with van der Waals surface area (Å²) in [6.45, 7) is 7.53. The highest BCUT2D eigenvalue weighted by Crippen LogP contribution is 2.15. The summed E-state index contributed by atoms with van der Waals surface area (Å²) in [6, 6.07) is 0.754. The lowest BCUT2D eigenvalue weighted by Crippen LogP contribution is -2.23. The Morgan fingerprint density at radius 1 is 0.917 bits per heavy atom. The maximum Gasteiger partial charge on any atom is 0.325 e. The van der Waals surface area contributed by atoms with Gasteiger partial charge in [-0.3, -0.25) is 0 Å². The van der Waals surface area contributed by atoms with Crippen LogP contribution in [-0.2, 0) is 0 Å². The Hall–Kier alpha value is -2.25. The summed E-state index contributed by atoms with van der Waals surface area (Å²) in [5.74, 6) is 0. The molecule has 1 aliphatic heterocycles. The van der Waals surface area contributed by atoms with Crippen molar-refractivity contribution in [3.05, 3.63) is 12.4 Å². The molecule has 0 fully saturated rings. The zero-order valence-electron chi connectivity index (χ0n) is 14.5. The normalized spacial score (nSPS) is 13.0. The molecule has 1 aromatic rings. The van der Waals surface area contributed by atoms with Gasteiger partial charge in [-0.05, 0) is 19.3 Å². The molecule has 8 nitrogen and oxygen atoms in total. The van der Waals surface area contributed by atoms with Crippen molar-refractivity contribution >= 4 is 0 Å². The summed E-state index contributed by atoms with van der Waals surface area (Å²) in [5.41, 5.74) is 0. The minimum atomic E-state index is 0.248.